The van der Waals surface area contributed by atoms with Crippen LogP contribution in [0, 0.1) is 0 Å². The van der Waals surface area contributed by atoms with Gasteiger partial charge in [0.1, 0.15) is 11.3 Å². The molecule has 0 unspecified atom stereocenters. The van der Waals surface area contributed by atoms with Crippen molar-refractivity contribution in [1.29, 1.82) is 0 Å². The summed E-state index contributed by atoms with van der Waals surface area (Å²) >= 11 is 0. The van der Waals surface area contributed by atoms with Gasteiger partial charge in [-0.1, -0.05) is 6.07 Å². The van der Waals surface area contributed by atoms with Crippen molar-refractivity contribution in [3.8, 4) is 5.75 Å². The maximum Gasteiger partial charge on any atom is 0.374 e. The van der Waals surface area contributed by atoms with Crippen LogP contribution in [0.1, 0.15) is 17.5 Å². The van der Waals surface area contributed by atoms with Gasteiger partial charge in [-0.15, -0.1) is 0 Å². The number of hydrogen-bond donors (Lipinski definition) is 0. The first-order chi connectivity index (χ1) is 7.76. The molecule has 2 rings (SSSR count). The van der Waals surface area contributed by atoms with E-state index in [0.29, 0.717) is 17.9 Å². The lowest BCUT2D eigenvalue weighted by Crippen LogP contribution is -2.02. The number of esters is 1. The Bertz CT molecular complexity index is 513. The number of carbonyl (C=O) groups excluding carboxylic acids is 1. The molecule has 0 aliphatic heterocycles. The number of carbonyl (C=O) groups is 1. The summed E-state index contributed by atoms with van der Waals surface area (Å²) < 4.78 is 15.4. The van der Waals surface area contributed by atoms with Gasteiger partial charge in [0, 0.05) is 6.07 Å². The molecular formula is C12H12O4. The van der Waals surface area contributed by atoms with Crippen molar-refractivity contribution in [1.82, 2.24) is 0 Å². The second kappa shape index (κ2) is 4.26. The fourth-order valence-corrected chi connectivity index (χ4v) is 1.51. The molecule has 0 saturated heterocycles. The summed E-state index contributed by atoms with van der Waals surface area (Å²) in [4.78, 5) is 11.5. The van der Waals surface area contributed by atoms with Gasteiger partial charge < -0.3 is 13.9 Å². The van der Waals surface area contributed by atoms with E-state index in [0.717, 1.165) is 5.39 Å². The van der Waals surface area contributed by atoms with Gasteiger partial charge >= 0.3 is 5.97 Å². The highest BCUT2D eigenvalue weighted by Crippen LogP contribution is 2.28. The largest absolute Gasteiger partial charge is 0.496 e. The number of rotatable bonds is 3. The Labute approximate surface area is 92.8 Å². The molecule has 0 bridgehead atoms. The fraction of sp³-hybridized carbons (Fsp3) is 0.250. The van der Waals surface area contributed by atoms with Crippen LogP contribution in [0.4, 0.5) is 0 Å². The third-order valence-electron chi connectivity index (χ3n) is 2.22. The molecule has 0 spiro atoms. The zero-order valence-electron chi connectivity index (χ0n) is 9.15. The molecule has 0 amide bonds. The summed E-state index contributed by atoms with van der Waals surface area (Å²) in [5, 5.41) is 0.771. The second-order valence-electron chi connectivity index (χ2n) is 3.20. The highest BCUT2D eigenvalue weighted by atomic mass is 16.5. The van der Waals surface area contributed by atoms with Gasteiger partial charge in [0.25, 0.3) is 0 Å². The monoisotopic (exact) mass is 220 g/mol. The zero-order chi connectivity index (χ0) is 11.5. The molecule has 4 nitrogen and oxygen atoms in total. The smallest absolute Gasteiger partial charge is 0.374 e. The number of ether oxygens (including phenoxy) is 2. The van der Waals surface area contributed by atoms with E-state index in [1.54, 1.807) is 32.2 Å². The molecule has 4 heteroatoms. The van der Waals surface area contributed by atoms with Crippen molar-refractivity contribution in [2.24, 2.45) is 0 Å². The molecule has 1 heterocycles. The van der Waals surface area contributed by atoms with E-state index in [9.17, 15) is 4.79 Å². The van der Waals surface area contributed by atoms with Crippen LogP contribution >= 0.6 is 0 Å². The van der Waals surface area contributed by atoms with E-state index in [1.165, 1.54) is 0 Å². The minimum atomic E-state index is -0.458. The minimum Gasteiger partial charge on any atom is -0.496 e. The van der Waals surface area contributed by atoms with Gasteiger partial charge in [0.2, 0.25) is 5.76 Å². The molecule has 0 atom stereocenters. The third-order valence-corrected chi connectivity index (χ3v) is 2.22. The molecule has 0 aliphatic carbocycles. The summed E-state index contributed by atoms with van der Waals surface area (Å²) in [7, 11) is 1.58. The van der Waals surface area contributed by atoms with E-state index >= 15 is 0 Å². The summed E-state index contributed by atoms with van der Waals surface area (Å²) in [5.41, 5.74) is 0.613. The van der Waals surface area contributed by atoms with Crippen molar-refractivity contribution in [2.75, 3.05) is 13.7 Å². The van der Waals surface area contributed by atoms with Crippen LogP contribution in [0.2, 0.25) is 0 Å². The molecule has 0 fully saturated rings. The summed E-state index contributed by atoms with van der Waals surface area (Å²) in [6.07, 6.45) is 0. The second-order valence-corrected chi connectivity index (χ2v) is 3.20. The van der Waals surface area contributed by atoms with Gasteiger partial charge in [0.15, 0.2) is 0 Å². The topological polar surface area (TPSA) is 48.7 Å². The average molecular weight is 220 g/mol. The van der Waals surface area contributed by atoms with Crippen molar-refractivity contribution < 1.29 is 18.7 Å². The molecule has 0 aliphatic rings. The van der Waals surface area contributed by atoms with Crippen LogP contribution in [-0.4, -0.2) is 19.7 Å². The van der Waals surface area contributed by atoms with E-state index in [4.69, 9.17) is 13.9 Å². The lowest BCUT2D eigenvalue weighted by Gasteiger charge is -1.98. The Morgan fingerprint density at radius 1 is 1.44 bits per heavy atom. The van der Waals surface area contributed by atoms with E-state index in [-0.39, 0.29) is 5.76 Å². The lowest BCUT2D eigenvalue weighted by molar-refractivity contribution is 0.0492. The first kappa shape index (κ1) is 10.5. The standard InChI is InChI=1S/C12H12O4/c1-3-15-12(13)11-7-8-9(14-2)5-4-6-10(8)16-11/h4-7H,3H2,1-2H3. The number of furan rings is 1. The summed E-state index contributed by atoms with van der Waals surface area (Å²) in [6, 6.07) is 7.03. The SMILES string of the molecule is CCOC(=O)c1cc2c(OC)cccc2o1. The minimum absolute atomic E-state index is 0.196. The number of hydrogen-bond acceptors (Lipinski definition) is 4. The van der Waals surface area contributed by atoms with E-state index in [1.807, 2.05) is 6.07 Å². The third kappa shape index (κ3) is 1.74. The Balaban J connectivity index is 2.47. The number of methoxy groups -OCH3 is 1. The molecule has 0 N–H and O–H groups in total. The van der Waals surface area contributed by atoms with Gasteiger partial charge in [-0.05, 0) is 19.1 Å². The molecule has 0 radical (unpaired) electrons. The van der Waals surface area contributed by atoms with Crippen molar-refractivity contribution in [2.45, 2.75) is 6.92 Å². The molecule has 2 aromatic rings. The highest BCUT2D eigenvalue weighted by molar-refractivity contribution is 5.94. The quantitative estimate of drug-likeness (QED) is 0.746. The maximum absolute atomic E-state index is 11.5. The van der Waals surface area contributed by atoms with Crippen molar-refractivity contribution >= 4 is 16.9 Å². The van der Waals surface area contributed by atoms with Crippen LogP contribution in [0.5, 0.6) is 5.75 Å². The van der Waals surface area contributed by atoms with E-state index in [2.05, 4.69) is 0 Å². The van der Waals surface area contributed by atoms with Gasteiger partial charge in [0.05, 0.1) is 19.1 Å². The van der Waals surface area contributed by atoms with Crippen LogP contribution < -0.4 is 4.74 Å². The summed E-state index contributed by atoms with van der Waals surface area (Å²) in [5.74, 6) is 0.416. The Hall–Kier alpha value is -1.97. The fourth-order valence-electron chi connectivity index (χ4n) is 1.51. The zero-order valence-corrected chi connectivity index (χ0v) is 9.15. The van der Waals surface area contributed by atoms with Crippen molar-refractivity contribution in [3.63, 3.8) is 0 Å². The van der Waals surface area contributed by atoms with Gasteiger partial charge in [-0.2, -0.15) is 0 Å². The molecule has 84 valence electrons. The first-order valence-electron chi connectivity index (χ1n) is 5.00. The maximum atomic E-state index is 11.5. The molecular weight excluding hydrogens is 208 g/mol. The van der Waals surface area contributed by atoms with Crippen LogP contribution in [0.25, 0.3) is 11.0 Å². The molecule has 0 saturated carbocycles. The Morgan fingerprint density at radius 2 is 2.25 bits per heavy atom. The lowest BCUT2D eigenvalue weighted by atomic mass is 10.2. The highest BCUT2D eigenvalue weighted by Gasteiger charge is 2.15. The number of benzene rings is 1. The molecule has 1 aromatic carbocycles. The van der Waals surface area contributed by atoms with Crippen molar-refractivity contribution in [3.05, 3.63) is 30.0 Å². The van der Waals surface area contributed by atoms with Crippen LogP contribution in [-0.2, 0) is 4.74 Å². The first-order valence-corrected chi connectivity index (χ1v) is 5.00. The van der Waals surface area contributed by atoms with Gasteiger partial charge in [-0.25, -0.2) is 4.79 Å². The predicted molar refractivity (Wildman–Crippen MR) is 58.7 cm³/mol. The van der Waals surface area contributed by atoms with Crippen LogP contribution in [0.3, 0.4) is 0 Å². The molecule has 1 aromatic heterocycles. The van der Waals surface area contributed by atoms with Gasteiger partial charge in [-0.3, -0.25) is 0 Å². The normalized spacial score (nSPS) is 10.4. The van der Waals surface area contributed by atoms with E-state index < -0.39 is 5.97 Å². The molecule has 16 heavy (non-hydrogen) atoms. The Kier molecular flexibility index (Phi) is 2.81. The Morgan fingerprint density at radius 3 is 2.94 bits per heavy atom. The average Bonchev–Trinajstić information content (AvgIpc) is 2.72. The predicted octanol–water partition coefficient (Wildman–Crippen LogP) is 2.62. The number of fused-ring (bicyclic) bond motifs is 1. The van der Waals surface area contributed by atoms with Crippen LogP contribution in [0.15, 0.2) is 28.7 Å². The summed E-state index contributed by atoms with van der Waals surface area (Å²) in [6.45, 7) is 2.08.